The summed E-state index contributed by atoms with van der Waals surface area (Å²) in [5.74, 6) is 0.671. The van der Waals surface area contributed by atoms with E-state index in [2.05, 4.69) is 47.1 Å². The standard InChI is InChI=1S/C19H24N4O2S/c1-14-5-10-18(17-4-3-12-21(17)2)22(13-11-14)19(26)20-15-6-8-16(9-7-15)23(24)25/h3-4,6-9,12,14,18H,5,10-11,13H2,1-2H3,(H,20,26)/t14-,18+/m1/s1. The van der Waals surface area contributed by atoms with Gasteiger partial charge in [0.2, 0.25) is 0 Å². The lowest BCUT2D eigenvalue weighted by molar-refractivity contribution is -0.384. The third-order valence-electron chi connectivity index (χ3n) is 5.09. The fourth-order valence-corrected chi connectivity index (χ4v) is 3.83. The van der Waals surface area contributed by atoms with Crippen LogP contribution in [0.1, 0.15) is 37.9 Å². The summed E-state index contributed by atoms with van der Waals surface area (Å²) in [7, 11) is 2.06. The van der Waals surface area contributed by atoms with Gasteiger partial charge in [-0.1, -0.05) is 6.92 Å². The van der Waals surface area contributed by atoms with Gasteiger partial charge in [0, 0.05) is 43.3 Å². The van der Waals surface area contributed by atoms with Crippen molar-refractivity contribution in [1.82, 2.24) is 9.47 Å². The van der Waals surface area contributed by atoms with E-state index in [1.807, 2.05) is 0 Å². The highest BCUT2D eigenvalue weighted by molar-refractivity contribution is 7.80. The topological polar surface area (TPSA) is 63.3 Å². The number of nitrogens with zero attached hydrogens (tertiary/aromatic N) is 3. The molecule has 26 heavy (non-hydrogen) atoms. The third kappa shape index (κ3) is 4.04. The number of anilines is 1. The van der Waals surface area contributed by atoms with Gasteiger partial charge in [0.15, 0.2) is 5.11 Å². The van der Waals surface area contributed by atoms with Gasteiger partial charge in [0.1, 0.15) is 0 Å². The maximum absolute atomic E-state index is 10.8. The van der Waals surface area contributed by atoms with Crippen LogP contribution in [-0.2, 0) is 7.05 Å². The van der Waals surface area contributed by atoms with Gasteiger partial charge in [-0.2, -0.15) is 0 Å². The Morgan fingerprint density at radius 3 is 2.58 bits per heavy atom. The van der Waals surface area contributed by atoms with Crippen LogP contribution in [0.4, 0.5) is 11.4 Å². The molecule has 1 aromatic carbocycles. The molecule has 1 N–H and O–H groups in total. The van der Waals surface area contributed by atoms with Crippen LogP contribution in [0.25, 0.3) is 0 Å². The van der Waals surface area contributed by atoms with Crippen molar-refractivity contribution in [3.8, 4) is 0 Å². The van der Waals surface area contributed by atoms with Crippen LogP contribution in [0.3, 0.4) is 0 Å². The lowest BCUT2D eigenvalue weighted by Crippen LogP contribution is -2.38. The van der Waals surface area contributed by atoms with Crippen LogP contribution in [0, 0.1) is 16.0 Å². The number of hydrogen-bond donors (Lipinski definition) is 1. The van der Waals surface area contributed by atoms with Gasteiger partial charge in [-0.15, -0.1) is 0 Å². The summed E-state index contributed by atoms with van der Waals surface area (Å²) in [6.45, 7) is 3.19. The summed E-state index contributed by atoms with van der Waals surface area (Å²) in [5.41, 5.74) is 2.10. The molecular weight excluding hydrogens is 348 g/mol. The zero-order chi connectivity index (χ0) is 18.7. The van der Waals surface area contributed by atoms with E-state index < -0.39 is 4.92 Å². The van der Waals surface area contributed by atoms with Crippen LogP contribution < -0.4 is 5.32 Å². The second-order valence-corrected chi connectivity index (χ2v) is 7.35. The van der Waals surface area contributed by atoms with E-state index in [0.29, 0.717) is 11.0 Å². The first-order chi connectivity index (χ1) is 12.5. The molecule has 1 fully saturated rings. The summed E-state index contributed by atoms with van der Waals surface area (Å²) in [4.78, 5) is 12.7. The lowest BCUT2D eigenvalue weighted by atomic mass is 10.0. The lowest BCUT2D eigenvalue weighted by Gasteiger charge is -2.33. The van der Waals surface area contributed by atoms with Gasteiger partial charge < -0.3 is 14.8 Å². The number of nitro groups is 1. The molecule has 0 radical (unpaired) electrons. The Hall–Kier alpha value is -2.41. The van der Waals surface area contributed by atoms with Crippen molar-refractivity contribution in [3.05, 3.63) is 58.4 Å². The highest BCUT2D eigenvalue weighted by Crippen LogP contribution is 2.33. The second kappa shape index (κ2) is 7.86. The van der Waals surface area contributed by atoms with Crippen LogP contribution in [-0.4, -0.2) is 26.0 Å². The molecule has 2 heterocycles. The molecule has 0 aliphatic carbocycles. The van der Waals surface area contributed by atoms with E-state index >= 15 is 0 Å². The molecule has 0 spiro atoms. The summed E-state index contributed by atoms with van der Waals surface area (Å²) in [6.07, 6.45) is 5.39. The van der Waals surface area contributed by atoms with Crippen molar-refractivity contribution in [1.29, 1.82) is 0 Å². The maximum atomic E-state index is 10.8. The number of hydrogen-bond acceptors (Lipinski definition) is 3. The molecular formula is C19H24N4O2S. The minimum atomic E-state index is -0.399. The number of nitro benzene ring substituents is 1. The number of non-ortho nitro benzene ring substituents is 1. The monoisotopic (exact) mass is 372 g/mol. The predicted molar refractivity (Wildman–Crippen MR) is 107 cm³/mol. The summed E-state index contributed by atoms with van der Waals surface area (Å²) in [6, 6.07) is 10.8. The second-order valence-electron chi connectivity index (χ2n) is 6.96. The Kier molecular flexibility index (Phi) is 5.56. The van der Waals surface area contributed by atoms with Crippen molar-refractivity contribution in [2.75, 3.05) is 11.9 Å². The molecule has 0 unspecified atom stereocenters. The first kappa shape index (κ1) is 18.4. The summed E-state index contributed by atoms with van der Waals surface area (Å²) in [5, 5.41) is 14.7. The molecule has 7 heteroatoms. The van der Waals surface area contributed by atoms with Crippen LogP contribution in [0.15, 0.2) is 42.6 Å². The quantitative estimate of drug-likeness (QED) is 0.488. The number of rotatable bonds is 3. The predicted octanol–water partition coefficient (Wildman–Crippen LogP) is 4.49. The highest BCUT2D eigenvalue weighted by Gasteiger charge is 2.28. The Bertz CT molecular complexity index is 787. The number of nitrogens with one attached hydrogen (secondary N) is 1. The van der Waals surface area contributed by atoms with Crippen molar-refractivity contribution in [3.63, 3.8) is 0 Å². The van der Waals surface area contributed by atoms with Gasteiger partial charge in [-0.05, 0) is 61.7 Å². The van der Waals surface area contributed by atoms with Gasteiger partial charge in [-0.25, -0.2) is 0 Å². The van der Waals surface area contributed by atoms with E-state index in [-0.39, 0.29) is 11.7 Å². The molecule has 1 aliphatic heterocycles. The minimum absolute atomic E-state index is 0.0757. The van der Waals surface area contributed by atoms with Crippen molar-refractivity contribution in [2.45, 2.75) is 32.2 Å². The summed E-state index contributed by atoms with van der Waals surface area (Å²) >= 11 is 5.71. The van der Waals surface area contributed by atoms with Crippen molar-refractivity contribution < 1.29 is 4.92 Å². The van der Waals surface area contributed by atoms with E-state index in [1.54, 1.807) is 12.1 Å². The molecule has 138 valence electrons. The molecule has 1 aromatic heterocycles. The Morgan fingerprint density at radius 2 is 1.96 bits per heavy atom. The smallest absolute Gasteiger partial charge is 0.269 e. The zero-order valence-corrected chi connectivity index (χ0v) is 15.9. The van der Waals surface area contributed by atoms with Gasteiger partial charge in [-0.3, -0.25) is 10.1 Å². The normalized spacial score (nSPS) is 20.5. The average molecular weight is 372 g/mol. The first-order valence-electron chi connectivity index (χ1n) is 8.89. The zero-order valence-electron chi connectivity index (χ0n) is 15.1. The van der Waals surface area contributed by atoms with Gasteiger partial charge in [0.05, 0.1) is 11.0 Å². The number of benzene rings is 1. The first-order valence-corrected chi connectivity index (χ1v) is 9.30. The van der Waals surface area contributed by atoms with Crippen LogP contribution in [0.5, 0.6) is 0 Å². The maximum Gasteiger partial charge on any atom is 0.269 e. The fraction of sp³-hybridized carbons (Fsp3) is 0.421. The molecule has 2 aromatic rings. The Morgan fingerprint density at radius 1 is 1.23 bits per heavy atom. The molecule has 0 bridgehead atoms. The Labute approximate surface area is 159 Å². The summed E-state index contributed by atoms with van der Waals surface area (Å²) < 4.78 is 2.15. The molecule has 1 aliphatic rings. The Balaban J connectivity index is 1.79. The third-order valence-corrected chi connectivity index (χ3v) is 5.42. The molecule has 1 saturated heterocycles. The van der Waals surface area contributed by atoms with Gasteiger partial charge >= 0.3 is 0 Å². The number of aromatic nitrogens is 1. The molecule has 6 nitrogen and oxygen atoms in total. The fourth-order valence-electron chi connectivity index (χ4n) is 3.49. The molecule has 3 rings (SSSR count). The van der Waals surface area contributed by atoms with Crippen LogP contribution >= 0.6 is 12.2 Å². The number of aryl methyl sites for hydroxylation is 1. The van der Waals surface area contributed by atoms with Crippen molar-refractivity contribution >= 4 is 28.7 Å². The van der Waals surface area contributed by atoms with Crippen molar-refractivity contribution in [2.24, 2.45) is 13.0 Å². The highest BCUT2D eigenvalue weighted by atomic mass is 32.1. The number of thiocarbonyl (C=S) groups is 1. The molecule has 2 atom stereocenters. The van der Waals surface area contributed by atoms with E-state index in [0.717, 1.165) is 25.1 Å². The SMILES string of the molecule is C[C@@H]1CC[C@@H](c2cccn2C)N(C(=S)Nc2ccc([N+](=O)[O-])cc2)CC1. The van der Waals surface area contributed by atoms with E-state index in [9.17, 15) is 10.1 Å². The largest absolute Gasteiger partial charge is 0.353 e. The average Bonchev–Trinajstić information content (AvgIpc) is 2.93. The van der Waals surface area contributed by atoms with E-state index in [4.69, 9.17) is 12.2 Å². The van der Waals surface area contributed by atoms with Gasteiger partial charge in [0.25, 0.3) is 5.69 Å². The number of likely N-dealkylation sites (tertiary alicyclic amines) is 1. The molecule has 0 saturated carbocycles. The minimum Gasteiger partial charge on any atom is -0.353 e. The van der Waals surface area contributed by atoms with Crippen LogP contribution in [0.2, 0.25) is 0 Å². The molecule has 0 amide bonds. The van der Waals surface area contributed by atoms with E-state index in [1.165, 1.54) is 24.2 Å².